The molecule has 0 aliphatic rings. The number of benzene rings is 1. The second-order valence-electron chi connectivity index (χ2n) is 6.13. The summed E-state index contributed by atoms with van der Waals surface area (Å²) in [5.74, 6) is 7.83. The minimum Gasteiger partial charge on any atom is -0.439 e. The van der Waals surface area contributed by atoms with Gasteiger partial charge >= 0.3 is 0 Å². The number of aromatic nitrogens is 2. The van der Waals surface area contributed by atoms with Crippen molar-refractivity contribution in [2.45, 2.75) is 40.0 Å². The van der Waals surface area contributed by atoms with Gasteiger partial charge in [-0.05, 0) is 30.9 Å². The molecular weight excluding hydrogens is 264 g/mol. The van der Waals surface area contributed by atoms with Gasteiger partial charge in [0.05, 0.1) is 0 Å². The van der Waals surface area contributed by atoms with Crippen LogP contribution < -0.4 is 16.0 Å². The fraction of sp³-hybridized carbons (Fsp3) is 0.375. The Hall–Kier alpha value is -2.14. The predicted molar refractivity (Wildman–Crippen MR) is 84.5 cm³/mol. The first-order valence-corrected chi connectivity index (χ1v) is 6.91. The molecule has 3 N–H and O–H groups in total. The molecule has 0 bridgehead atoms. The van der Waals surface area contributed by atoms with Crippen LogP contribution >= 0.6 is 0 Å². The van der Waals surface area contributed by atoms with E-state index in [-0.39, 0.29) is 5.41 Å². The molecule has 1 heterocycles. The number of aryl methyl sites for hydroxylation is 2. The summed E-state index contributed by atoms with van der Waals surface area (Å²) < 4.78 is 5.99. The molecule has 2 rings (SSSR count). The first-order valence-electron chi connectivity index (χ1n) is 6.91. The fourth-order valence-corrected chi connectivity index (χ4v) is 2.11. The molecule has 0 saturated carbocycles. The molecule has 5 nitrogen and oxygen atoms in total. The molecule has 0 fully saturated rings. The van der Waals surface area contributed by atoms with E-state index in [0.717, 1.165) is 16.9 Å². The van der Waals surface area contributed by atoms with Gasteiger partial charge in [0, 0.05) is 11.6 Å². The minimum absolute atomic E-state index is 0.0138. The molecule has 112 valence electrons. The number of anilines is 1. The Kier molecular flexibility index (Phi) is 4.14. The van der Waals surface area contributed by atoms with Crippen LogP contribution in [0, 0.1) is 13.8 Å². The van der Waals surface area contributed by atoms with Crippen molar-refractivity contribution in [2.75, 3.05) is 5.43 Å². The Morgan fingerprint density at radius 1 is 1.10 bits per heavy atom. The maximum absolute atomic E-state index is 5.99. The Morgan fingerprint density at radius 3 is 2.43 bits per heavy atom. The number of hydrogen-bond acceptors (Lipinski definition) is 5. The highest BCUT2D eigenvalue weighted by Crippen LogP contribution is 2.34. The minimum atomic E-state index is -0.0138. The fourth-order valence-electron chi connectivity index (χ4n) is 2.11. The van der Waals surface area contributed by atoms with E-state index < -0.39 is 0 Å². The Bertz CT molecular complexity index is 647. The lowest BCUT2D eigenvalue weighted by atomic mass is 9.86. The van der Waals surface area contributed by atoms with Crippen LogP contribution in [0.5, 0.6) is 11.6 Å². The number of hydrazine groups is 1. The van der Waals surface area contributed by atoms with Crippen molar-refractivity contribution in [1.82, 2.24) is 9.97 Å². The van der Waals surface area contributed by atoms with Crippen LogP contribution in [0.2, 0.25) is 0 Å². The quantitative estimate of drug-likeness (QED) is 0.667. The van der Waals surface area contributed by atoms with Gasteiger partial charge in [0.1, 0.15) is 17.4 Å². The third kappa shape index (κ3) is 3.70. The largest absolute Gasteiger partial charge is 0.439 e. The molecular formula is C16H22N4O. The first kappa shape index (κ1) is 15.3. The number of ether oxygens (including phenoxy) is 1. The lowest BCUT2D eigenvalue weighted by molar-refractivity contribution is 0.437. The average molecular weight is 286 g/mol. The molecule has 0 atom stereocenters. The monoisotopic (exact) mass is 286 g/mol. The molecule has 0 spiro atoms. The van der Waals surface area contributed by atoms with Gasteiger partial charge in [-0.3, -0.25) is 0 Å². The van der Waals surface area contributed by atoms with Crippen LogP contribution in [-0.2, 0) is 5.41 Å². The van der Waals surface area contributed by atoms with Crippen molar-refractivity contribution in [1.29, 1.82) is 0 Å². The van der Waals surface area contributed by atoms with Crippen LogP contribution in [0.3, 0.4) is 0 Å². The number of nitrogens with zero attached hydrogens (tertiary/aromatic N) is 2. The molecule has 0 radical (unpaired) electrons. The topological polar surface area (TPSA) is 73.1 Å². The van der Waals surface area contributed by atoms with E-state index in [2.05, 4.69) is 48.3 Å². The zero-order valence-corrected chi connectivity index (χ0v) is 13.2. The van der Waals surface area contributed by atoms with Crippen molar-refractivity contribution in [3.63, 3.8) is 0 Å². The highest BCUT2D eigenvalue weighted by atomic mass is 16.5. The van der Waals surface area contributed by atoms with E-state index in [9.17, 15) is 0 Å². The van der Waals surface area contributed by atoms with Crippen molar-refractivity contribution >= 4 is 5.82 Å². The maximum Gasteiger partial charge on any atom is 0.224 e. The van der Waals surface area contributed by atoms with Crippen molar-refractivity contribution < 1.29 is 4.74 Å². The van der Waals surface area contributed by atoms with Gasteiger partial charge in [-0.1, -0.05) is 32.9 Å². The van der Waals surface area contributed by atoms with Crippen LogP contribution in [0.1, 0.15) is 37.7 Å². The number of rotatable bonds is 3. The Balaban J connectivity index is 2.44. The summed E-state index contributed by atoms with van der Waals surface area (Å²) in [6.07, 6.45) is 0. The number of nitrogens with one attached hydrogen (secondary N) is 1. The van der Waals surface area contributed by atoms with E-state index in [1.54, 1.807) is 13.0 Å². The van der Waals surface area contributed by atoms with Crippen LogP contribution in [0.4, 0.5) is 5.82 Å². The van der Waals surface area contributed by atoms with Gasteiger partial charge in [-0.2, -0.15) is 4.98 Å². The summed E-state index contributed by atoms with van der Waals surface area (Å²) in [4.78, 5) is 8.46. The van der Waals surface area contributed by atoms with Gasteiger partial charge in [-0.15, -0.1) is 0 Å². The summed E-state index contributed by atoms with van der Waals surface area (Å²) in [5, 5.41) is 0. The normalized spacial score (nSPS) is 11.3. The SMILES string of the molecule is Cc1ccc(C(C)(C)C)c(Oc2cc(NN)nc(C)n2)c1. The van der Waals surface area contributed by atoms with Crippen LogP contribution in [0.15, 0.2) is 24.3 Å². The Labute approximate surface area is 125 Å². The highest BCUT2D eigenvalue weighted by Gasteiger charge is 2.20. The standard InChI is InChI=1S/C16H22N4O/c1-10-6-7-12(16(3,4)5)13(8-10)21-15-9-14(20-17)18-11(2)19-15/h6-9H,17H2,1-5H3,(H,18,19,20). The molecule has 0 aliphatic carbocycles. The van der Waals surface area contributed by atoms with E-state index >= 15 is 0 Å². The van der Waals surface area contributed by atoms with Crippen LogP contribution in [-0.4, -0.2) is 9.97 Å². The van der Waals surface area contributed by atoms with Gasteiger partial charge < -0.3 is 10.2 Å². The Morgan fingerprint density at radius 2 is 1.81 bits per heavy atom. The van der Waals surface area contributed by atoms with Gasteiger partial charge in [-0.25, -0.2) is 10.8 Å². The van der Waals surface area contributed by atoms with Crippen LogP contribution in [0.25, 0.3) is 0 Å². The first-order chi connectivity index (χ1) is 9.79. The second-order valence-corrected chi connectivity index (χ2v) is 6.13. The van der Waals surface area contributed by atoms with Crippen molar-refractivity contribution in [3.05, 3.63) is 41.2 Å². The van der Waals surface area contributed by atoms with E-state index in [1.165, 1.54) is 0 Å². The number of nitrogens with two attached hydrogens (primary N) is 1. The van der Waals surface area contributed by atoms with E-state index in [0.29, 0.717) is 17.5 Å². The summed E-state index contributed by atoms with van der Waals surface area (Å²) in [6, 6.07) is 7.89. The molecule has 0 saturated heterocycles. The highest BCUT2D eigenvalue weighted by molar-refractivity contribution is 5.45. The smallest absolute Gasteiger partial charge is 0.224 e. The molecule has 2 aromatic rings. The van der Waals surface area contributed by atoms with E-state index in [1.807, 2.05) is 13.0 Å². The molecule has 0 aliphatic heterocycles. The molecule has 0 unspecified atom stereocenters. The van der Waals surface area contributed by atoms with Gasteiger partial charge in [0.2, 0.25) is 5.88 Å². The van der Waals surface area contributed by atoms with Gasteiger partial charge in [0.15, 0.2) is 0 Å². The zero-order chi connectivity index (χ0) is 15.6. The zero-order valence-electron chi connectivity index (χ0n) is 13.2. The lowest BCUT2D eigenvalue weighted by Crippen LogP contribution is -2.13. The molecule has 1 aromatic heterocycles. The average Bonchev–Trinajstić information content (AvgIpc) is 2.36. The number of nitrogen functional groups attached to an aromatic ring is 1. The summed E-state index contributed by atoms with van der Waals surface area (Å²) in [5.41, 5.74) is 4.78. The molecule has 5 heteroatoms. The third-order valence-corrected chi connectivity index (χ3v) is 3.12. The van der Waals surface area contributed by atoms with E-state index in [4.69, 9.17) is 10.6 Å². The van der Waals surface area contributed by atoms with Crippen molar-refractivity contribution in [2.24, 2.45) is 5.84 Å². The molecule has 1 aromatic carbocycles. The maximum atomic E-state index is 5.99. The number of hydrogen-bond donors (Lipinski definition) is 2. The van der Waals surface area contributed by atoms with Gasteiger partial charge in [0.25, 0.3) is 0 Å². The molecule has 21 heavy (non-hydrogen) atoms. The third-order valence-electron chi connectivity index (χ3n) is 3.12. The summed E-state index contributed by atoms with van der Waals surface area (Å²) >= 11 is 0. The molecule has 0 amide bonds. The second kappa shape index (κ2) is 5.69. The van der Waals surface area contributed by atoms with Crippen molar-refractivity contribution in [3.8, 4) is 11.6 Å². The predicted octanol–water partition coefficient (Wildman–Crippen LogP) is 3.47. The lowest BCUT2D eigenvalue weighted by Gasteiger charge is -2.23. The summed E-state index contributed by atoms with van der Waals surface area (Å²) in [7, 11) is 0. The summed E-state index contributed by atoms with van der Waals surface area (Å²) in [6.45, 7) is 10.3.